The van der Waals surface area contributed by atoms with Crippen LogP contribution < -0.4 is 14.8 Å². The van der Waals surface area contributed by atoms with E-state index in [0.29, 0.717) is 29.0 Å². The van der Waals surface area contributed by atoms with Gasteiger partial charge in [-0.3, -0.25) is 4.79 Å². The van der Waals surface area contributed by atoms with E-state index in [9.17, 15) is 19.6 Å². The monoisotopic (exact) mass is 534 g/mol. The van der Waals surface area contributed by atoms with Crippen molar-refractivity contribution >= 4 is 40.4 Å². The second-order valence-corrected chi connectivity index (χ2v) is 8.48. The smallest absolute Gasteiger partial charge is 0.344 e. The summed E-state index contributed by atoms with van der Waals surface area (Å²) >= 11 is 0. The molecule has 0 saturated heterocycles. The van der Waals surface area contributed by atoms with E-state index in [1.807, 2.05) is 36.4 Å². The van der Waals surface area contributed by atoms with E-state index >= 15 is 0 Å². The molecule has 40 heavy (non-hydrogen) atoms. The number of esters is 2. The van der Waals surface area contributed by atoms with E-state index in [2.05, 4.69) is 5.32 Å². The largest absolute Gasteiger partial charge is 0.490 e. The standard InChI is InChI=1S/C32H26N2O6/c1-3-38-29-19-21(12-17-28(29)40-32(37)27-11-7-9-22-8-5-6-10-26(22)27)18-24(20-33)30(35)34-25-15-13-23(14-16-25)31(36)39-4-2/h5-19H,3-4H2,1-2H3,(H,34,35)/b24-18+. The number of fused-ring (bicyclic) bond motifs is 1. The molecule has 0 atom stereocenters. The predicted molar refractivity (Wildman–Crippen MR) is 151 cm³/mol. The van der Waals surface area contributed by atoms with Crippen molar-refractivity contribution < 1.29 is 28.6 Å². The lowest BCUT2D eigenvalue weighted by Crippen LogP contribution is -2.14. The van der Waals surface area contributed by atoms with Crippen molar-refractivity contribution in [3.63, 3.8) is 0 Å². The summed E-state index contributed by atoms with van der Waals surface area (Å²) in [6.07, 6.45) is 1.40. The van der Waals surface area contributed by atoms with Gasteiger partial charge >= 0.3 is 11.9 Å². The van der Waals surface area contributed by atoms with Crippen LogP contribution in [0.4, 0.5) is 5.69 Å². The number of hydrogen-bond donors (Lipinski definition) is 1. The summed E-state index contributed by atoms with van der Waals surface area (Å²) in [5, 5.41) is 14.0. The molecule has 8 heteroatoms. The number of carbonyl (C=O) groups excluding carboxylic acids is 3. The Labute approximate surface area is 231 Å². The lowest BCUT2D eigenvalue weighted by Gasteiger charge is -2.12. The molecular formula is C32H26N2O6. The number of nitrogens with zero attached hydrogens (tertiary/aromatic N) is 1. The van der Waals surface area contributed by atoms with E-state index in [1.54, 1.807) is 56.3 Å². The van der Waals surface area contributed by atoms with Gasteiger partial charge in [-0.05, 0) is 78.7 Å². The van der Waals surface area contributed by atoms with Crippen molar-refractivity contribution in [2.75, 3.05) is 18.5 Å². The second kappa shape index (κ2) is 12.9. The van der Waals surface area contributed by atoms with Crippen LogP contribution in [0.5, 0.6) is 11.5 Å². The minimum atomic E-state index is -0.629. The number of benzene rings is 4. The molecule has 8 nitrogen and oxygen atoms in total. The number of rotatable bonds is 9. The maximum atomic E-state index is 13.0. The van der Waals surface area contributed by atoms with Gasteiger partial charge in [-0.15, -0.1) is 0 Å². The van der Waals surface area contributed by atoms with Crippen LogP contribution in [-0.4, -0.2) is 31.1 Å². The minimum Gasteiger partial charge on any atom is -0.490 e. The summed E-state index contributed by atoms with van der Waals surface area (Å²) in [7, 11) is 0. The summed E-state index contributed by atoms with van der Waals surface area (Å²) < 4.78 is 16.3. The number of carbonyl (C=O) groups is 3. The van der Waals surface area contributed by atoms with Crippen molar-refractivity contribution in [2.45, 2.75) is 13.8 Å². The summed E-state index contributed by atoms with van der Waals surface area (Å²) in [6, 6.07) is 25.7. The molecule has 0 radical (unpaired) electrons. The van der Waals surface area contributed by atoms with Crippen LogP contribution in [0.1, 0.15) is 40.1 Å². The van der Waals surface area contributed by atoms with E-state index in [1.165, 1.54) is 18.2 Å². The highest BCUT2D eigenvalue weighted by atomic mass is 16.6. The van der Waals surface area contributed by atoms with E-state index in [-0.39, 0.29) is 23.7 Å². The third-order valence-corrected chi connectivity index (χ3v) is 5.81. The van der Waals surface area contributed by atoms with Gasteiger partial charge in [0.05, 0.1) is 24.3 Å². The number of ether oxygens (including phenoxy) is 3. The Balaban J connectivity index is 1.53. The number of anilines is 1. The van der Waals surface area contributed by atoms with E-state index in [0.717, 1.165) is 10.8 Å². The minimum absolute atomic E-state index is 0.155. The van der Waals surface area contributed by atoms with Crippen LogP contribution in [0.25, 0.3) is 16.8 Å². The summed E-state index contributed by atoms with van der Waals surface area (Å²) in [5.41, 5.74) is 1.52. The fourth-order valence-electron chi connectivity index (χ4n) is 3.94. The molecule has 0 unspecified atom stereocenters. The normalized spacial score (nSPS) is 10.9. The predicted octanol–water partition coefficient (Wildman–Crippen LogP) is 6.18. The van der Waals surface area contributed by atoms with Crippen molar-refractivity contribution in [3.05, 3.63) is 107 Å². The zero-order valence-corrected chi connectivity index (χ0v) is 22.0. The Kier molecular flexibility index (Phi) is 8.90. The first-order valence-corrected chi connectivity index (χ1v) is 12.6. The average molecular weight is 535 g/mol. The zero-order chi connectivity index (χ0) is 28.5. The molecule has 4 aromatic rings. The number of nitriles is 1. The Morgan fingerprint density at radius 3 is 2.33 bits per heavy atom. The molecule has 0 aliphatic carbocycles. The SMILES string of the molecule is CCOC(=O)c1ccc(NC(=O)/C(C#N)=C/c2ccc(OC(=O)c3cccc4ccccc34)c(OCC)c2)cc1. The van der Waals surface area contributed by atoms with Gasteiger partial charge in [0.25, 0.3) is 5.91 Å². The van der Waals surface area contributed by atoms with Gasteiger partial charge in [0.15, 0.2) is 11.5 Å². The lowest BCUT2D eigenvalue weighted by atomic mass is 10.0. The van der Waals surface area contributed by atoms with Crippen molar-refractivity contribution in [3.8, 4) is 17.6 Å². The van der Waals surface area contributed by atoms with E-state index in [4.69, 9.17) is 14.2 Å². The molecule has 0 spiro atoms. The lowest BCUT2D eigenvalue weighted by molar-refractivity contribution is -0.112. The van der Waals surface area contributed by atoms with Gasteiger partial charge < -0.3 is 19.5 Å². The molecule has 0 bridgehead atoms. The maximum absolute atomic E-state index is 13.0. The molecular weight excluding hydrogens is 508 g/mol. The van der Waals surface area contributed by atoms with Crippen LogP contribution in [0.2, 0.25) is 0 Å². The number of hydrogen-bond acceptors (Lipinski definition) is 7. The second-order valence-electron chi connectivity index (χ2n) is 8.48. The molecule has 0 fully saturated rings. The highest BCUT2D eigenvalue weighted by Crippen LogP contribution is 2.31. The summed E-state index contributed by atoms with van der Waals surface area (Å²) in [5.74, 6) is -1.13. The fourth-order valence-corrected chi connectivity index (χ4v) is 3.94. The van der Waals surface area contributed by atoms with Gasteiger partial charge in [0.2, 0.25) is 0 Å². The molecule has 4 aromatic carbocycles. The van der Waals surface area contributed by atoms with Gasteiger partial charge in [0, 0.05) is 5.69 Å². The molecule has 0 aromatic heterocycles. The highest BCUT2D eigenvalue weighted by Gasteiger charge is 2.17. The third kappa shape index (κ3) is 6.52. The topological polar surface area (TPSA) is 115 Å². The van der Waals surface area contributed by atoms with Crippen molar-refractivity contribution in [1.29, 1.82) is 5.26 Å². The van der Waals surface area contributed by atoms with Crippen molar-refractivity contribution in [2.24, 2.45) is 0 Å². The molecule has 0 aliphatic rings. The van der Waals surface area contributed by atoms with Crippen LogP contribution in [0.15, 0.2) is 90.5 Å². The van der Waals surface area contributed by atoms with Crippen LogP contribution >= 0.6 is 0 Å². The third-order valence-electron chi connectivity index (χ3n) is 5.81. The van der Waals surface area contributed by atoms with E-state index < -0.39 is 17.8 Å². The Morgan fingerprint density at radius 2 is 1.60 bits per heavy atom. The molecule has 0 saturated carbocycles. The fraction of sp³-hybridized carbons (Fsp3) is 0.125. The Bertz CT molecular complexity index is 1630. The highest BCUT2D eigenvalue weighted by molar-refractivity contribution is 6.10. The Morgan fingerprint density at radius 1 is 0.850 bits per heavy atom. The maximum Gasteiger partial charge on any atom is 0.344 e. The summed E-state index contributed by atoms with van der Waals surface area (Å²) in [6.45, 7) is 4.07. The summed E-state index contributed by atoms with van der Waals surface area (Å²) in [4.78, 5) is 37.6. The first kappa shape index (κ1) is 27.6. The number of nitrogens with one attached hydrogen (secondary N) is 1. The Hall–Kier alpha value is -5.42. The zero-order valence-electron chi connectivity index (χ0n) is 22.0. The average Bonchev–Trinajstić information content (AvgIpc) is 2.97. The molecule has 4 rings (SSSR count). The molecule has 0 aliphatic heterocycles. The van der Waals surface area contributed by atoms with Gasteiger partial charge in [-0.25, -0.2) is 9.59 Å². The first-order chi connectivity index (χ1) is 19.4. The molecule has 1 amide bonds. The van der Waals surface area contributed by atoms with Gasteiger partial charge in [-0.1, -0.05) is 42.5 Å². The van der Waals surface area contributed by atoms with Gasteiger partial charge in [-0.2, -0.15) is 5.26 Å². The molecule has 1 N–H and O–H groups in total. The quantitative estimate of drug-likeness (QED) is 0.118. The number of amides is 1. The van der Waals surface area contributed by atoms with Crippen LogP contribution in [0, 0.1) is 11.3 Å². The molecule has 0 heterocycles. The van der Waals surface area contributed by atoms with Crippen LogP contribution in [0.3, 0.4) is 0 Å². The molecule has 200 valence electrons. The van der Waals surface area contributed by atoms with Crippen LogP contribution in [-0.2, 0) is 9.53 Å². The first-order valence-electron chi connectivity index (χ1n) is 12.6. The van der Waals surface area contributed by atoms with Gasteiger partial charge in [0.1, 0.15) is 11.6 Å². The van der Waals surface area contributed by atoms with Crippen molar-refractivity contribution in [1.82, 2.24) is 0 Å².